The van der Waals surface area contributed by atoms with Crippen molar-refractivity contribution in [2.75, 3.05) is 13.1 Å². The van der Waals surface area contributed by atoms with Crippen LogP contribution in [-0.2, 0) is 20.8 Å². The molecule has 4 rings (SSSR count). The molecule has 2 amide bonds. The molecule has 1 unspecified atom stereocenters. The van der Waals surface area contributed by atoms with Crippen LogP contribution in [0.4, 0.5) is 0 Å². The van der Waals surface area contributed by atoms with Gasteiger partial charge in [0.05, 0.1) is 30.1 Å². The summed E-state index contributed by atoms with van der Waals surface area (Å²) in [5.74, 6) is -2.30. The Bertz CT molecular complexity index is 844. The quantitative estimate of drug-likeness (QED) is 0.716. The van der Waals surface area contributed by atoms with E-state index in [2.05, 4.69) is 15.3 Å². The maximum atomic E-state index is 13.1. The van der Waals surface area contributed by atoms with E-state index in [1.807, 2.05) is 37.3 Å². The van der Waals surface area contributed by atoms with E-state index in [0.717, 1.165) is 24.1 Å². The number of Topliss-reactive ketones (excluding diaryl/α,β-unsaturated/α-hetero) is 1. The number of hydrogen-bond acceptors (Lipinski definition) is 5. The molecule has 2 fully saturated rings. The van der Waals surface area contributed by atoms with Gasteiger partial charge in [0.15, 0.2) is 0 Å². The van der Waals surface area contributed by atoms with Crippen LogP contribution in [0.5, 0.6) is 0 Å². The third-order valence-electron chi connectivity index (χ3n) is 5.65. The summed E-state index contributed by atoms with van der Waals surface area (Å²) in [6.07, 6.45) is 3.79. The number of amides is 2. The van der Waals surface area contributed by atoms with Crippen LogP contribution in [0.25, 0.3) is 0 Å². The van der Waals surface area contributed by atoms with Gasteiger partial charge in [-0.15, -0.1) is 0 Å². The minimum Gasteiger partial charge on any atom is -0.347 e. The zero-order valence-corrected chi connectivity index (χ0v) is 15.9. The second-order valence-corrected chi connectivity index (χ2v) is 7.79. The van der Waals surface area contributed by atoms with Crippen LogP contribution < -0.4 is 5.32 Å². The molecule has 1 aliphatic carbocycles. The molecule has 1 aromatic rings. The Morgan fingerprint density at radius 3 is 2.61 bits per heavy atom. The second-order valence-electron chi connectivity index (χ2n) is 7.79. The lowest BCUT2D eigenvalue weighted by molar-refractivity contribution is -0.141. The lowest BCUT2D eigenvalue weighted by Gasteiger charge is -2.18. The van der Waals surface area contributed by atoms with Gasteiger partial charge < -0.3 is 10.2 Å². The molecular weight excluding hydrogens is 356 g/mol. The lowest BCUT2D eigenvalue weighted by Crippen LogP contribution is -2.40. The van der Waals surface area contributed by atoms with E-state index >= 15 is 0 Å². The predicted molar refractivity (Wildman–Crippen MR) is 105 cm³/mol. The van der Waals surface area contributed by atoms with E-state index in [-0.39, 0.29) is 24.5 Å². The molecule has 2 heterocycles. The van der Waals surface area contributed by atoms with E-state index < -0.39 is 23.5 Å². The molecule has 3 atom stereocenters. The van der Waals surface area contributed by atoms with Crippen LogP contribution in [0.15, 0.2) is 40.3 Å². The number of likely N-dealkylation sites (tertiary alicyclic amines) is 1. The molecule has 0 radical (unpaired) electrons. The summed E-state index contributed by atoms with van der Waals surface area (Å²) in [5.41, 5.74) is 1.79. The summed E-state index contributed by atoms with van der Waals surface area (Å²) in [5, 5.41) is 2.76. The Morgan fingerprint density at radius 2 is 1.96 bits per heavy atom. The van der Waals surface area contributed by atoms with Crippen LogP contribution in [0.1, 0.15) is 25.3 Å². The summed E-state index contributed by atoms with van der Waals surface area (Å²) in [6.45, 7) is 2.52. The molecule has 1 saturated carbocycles. The zero-order valence-electron chi connectivity index (χ0n) is 15.9. The van der Waals surface area contributed by atoms with Crippen molar-refractivity contribution in [3.8, 4) is 0 Å². The Balaban J connectivity index is 1.52. The van der Waals surface area contributed by atoms with E-state index in [0.29, 0.717) is 13.0 Å². The maximum Gasteiger partial charge on any atom is 0.287 e. The number of carbonyl (C=O) groups is 3. The van der Waals surface area contributed by atoms with Crippen molar-refractivity contribution < 1.29 is 14.4 Å². The molecule has 0 spiro atoms. The summed E-state index contributed by atoms with van der Waals surface area (Å²) in [4.78, 5) is 48.4. The van der Waals surface area contributed by atoms with Gasteiger partial charge in [-0.25, -0.2) is 4.99 Å². The van der Waals surface area contributed by atoms with Gasteiger partial charge in [0.2, 0.25) is 11.7 Å². The van der Waals surface area contributed by atoms with Crippen molar-refractivity contribution in [2.45, 2.75) is 38.3 Å². The smallest absolute Gasteiger partial charge is 0.287 e. The van der Waals surface area contributed by atoms with Crippen LogP contribution in [0, 0.1) is 11.8 Å². The highest BCUT2D eigenvalue weighted by Gasteiger charge is 2.46. The predicted octanol–water partition coefficient (Wildman–Crippen LogP) is 1.02. The average Bonchev–Trinajstić information content (AvgIpc) is 3.35. The number of carbonyl (C=O) groups excluding carboxylic acids is 3. The molecule has 1 saturated heterocycles. The molecule has 7 heteroatoms. The third kappa shape index (κ3) is 3.88. The minimum atomic E-state index is -0.635. The summed E-state index contributed by atoms with van der Waals surface area (Å²) in [6, 6.07) is 9.68. The van der Waals surface area contributed by atoms with Crippen LogP contribution in [-0.4, -0.2) is 59.7 Å². The Labute approximate surface area is 163 Å². The van der Waals surface area contributed by atoms with Crippen molar-refractivity contribution in [1.29, 1.82) is 0 Å². The van der Waals surface area contributed by atoms with E-state index in [1.165, 1.54) is 6.34 Å². The molecular formula is C21H24N4O3. The number of nitrogens with zero attached hydrogens (tertiary/aromatic N) is 3. The molecule has 2 aliphatic heterocycles. The normalized spacial score (nSPS) is 26.5. The number of benzene rings is 1. The average molecular weight is 380 g/mol. The van der Waals surface area contributed by atoms with Gasteiger partial charge in [-0.3, -0.25) is 19.4 Å². The highest BCUT2D eigenvalue weighted by atomic mass is 16.2. The van der Waals surface area contributed by atoms with Gasteiger partial charge in [0.25, 0.3) is 5.91 Å². The summed E-state index contributed by atoms with van der Waals surface area (Å²) in [7, 11) is 0. The Morgan fingerprint density at radius 1 is 1.21 bits per heavy atom. The van der Waals surface area contributed by atoms with Crippen LogP contribution >= 0.6 is 0 Å². The number of hydrogen-bond donors (Lipinski definition) is 1. The van der Waals surface area contributed by atoms with Crippen molar-refractivity contribution >= 4 is 29.6 Å². The number of aliphatic imine (C=N–C) groups is 2. The standard InChI is InChI=1S/C21H24N4O3/c1-13-18(23-12-22-13)11-25-10-17(19(26)20(27)24-15-7-8-15)16(21(25)28)9-14-5-3-2-4-6-14/h2-6,12-13,15-17H,7-11H2,1H3,(H,24,27)/t13?,16-,17+/m0/s1. The van der Waals surface area contributed by atoms with Gasteiger partial charge >= 0.3 is 0 Å². The molecule has 0 bridgehead atoms. The number of nitrogens with one attached hydrogen (secondary N) is 1. The highest BCUT2D eigenvalue weighted by molar-refractivity contribution is 6.37. The fourth-order valence-corrected chi connectivity index (χ4v) is 3.79. The number of ketones is 1. The van der Waals surface area contributed by atoms with Gasteiger partial charge in [-0.05, 0) is 31.7 Å². The monoisotopic (exact) mass is 380 g/mol. The molecule has 1 N–H and O–H groups in total. The topological polar surface area (TPSA) is 91.2 Å². The van der Waals surface area contributed by atoms with Gasteiger partial charge in [-0.1, -0.05) is 30.3 Å². The minimum absolute atomic E-state index is 0.0618. The fraction of sp³-hybridized carbons (Fsp3) is 0.476. The van der Waals surface area contributed by atoms with Crippen LogP contribution in [0.2, 0.25) is 0 Å². The Hall–Kier alpha value is -2.83. The number of rotatable bonds is 7. The largest absolute Gasteiger partial charge is 0.347 e. The van der Waals surface area contributed by atoms with Crippen molar-refractivity contribution in [3.63, 3.8) is 0 Å². The van der Waals surface area contributed by atoms with Gasteiger partial charge in [-0.2, -0.15) is 0 Å². The first-order valence-electron chi connectivity index (χ1n) is 9.78. The van der Waals surface area contributed by atoms with Crippen LogP contribution in [0.3, 0.4) is 0 Å². The van der Waals surface area contributed by atoms with Crippen molar-refractivity contribution in [1.82, 2.24) is 10.2 Å². The molecule has 0 aromatic heterocycles. The Kier molecular flexibility index (Phi) is 5.07. The highest BCUT2D eigenvalue weighted by Crippen LogP contribution is 2.30. The first kappa shape index (κ1) is 18.5. The first-order valence-corrected chi connectivity index (χ1v) is 9.78. The molecule has 146 valence electrons. The molecule has 7 nitrogen and oxygen atoms in total. The SMILES string of the molecule is CC1N=CN=C1CN1C[C@@H](C(=O)C(=O)NC2CC2)[C@H](Cc2ccccc2)C1=O. The lowest BCUT2D eigenvalue weighted by atomic mass is 9.86. The van der Waals surface area contributed by atoms with Gasteiger partial charge in [0, 0.05) is 12.6 Å². The van der Waals surface area contributed by atoms with Gasteiger partial charge in [0.1, 0.15) is 6.34 Å². The van der Waals surface area contributed by atoms with E-state index in [4.69, 9.17) is 0 Å². The molecule has 28 heavy (non-hydrogen) atoms. The molecule has 3 aliphatic rings. The van der Waals surface area contributed by atoms with Crippen molar-refractivity contribution in [2.24, 2.45) is 21.8 Å². The maximum absolute atomic E-state index is 13.1. The van der Waals surface area contributed by atoms with Crippen molar-refractivity contribution in [3.05, 3.63) is 35.9 Å². The summed E-state index contributed by atoms with van der Waals surface area (Å²) >= 11 is 0. The molecule has 1 aromatic carbocycles. The van der Waals surface area contributed by atoms with E-state index in [1.54, 1.807) is 4.90 Å². The second kappa shape index (κ2) is 7.66. The zero-order chi connectivity index (χ0) is 19.7. The van der Waals surface area contributed by atoms with E-state index in [9.17, 15) is 14.4 Å². The third-order valence-corrected chi connectivity index (χ3v) is 5.65. The fourth-order valence-electron chi connectivity index (χ4n) is 3.79. The summed E-state index contributed by atoms with van der Waals surface area (Å²) < 4.78 is 0. The first-order chi connectivity index (χ1) is 13.5.